The average molecular weight is 292 g/mol. The summed E-state index contributed by atoms with van der Waals surface area (Å²) in [6, 6.07) is 15.0. The number of ether oxygens (including phenoxy) is 1. The number of nitrogens with one attached hydrogen (secondary N) is 1. The second-order valence-electron chi connectivity index (χ2n) is 4.43. The maximum absolute atomic E-state index is 7.33. The van der Waals surface area contributed by atoms with E-state index in [1.54, 1.807) is 24.3 Å². The molecule has 0 spiro atoms. The molecular formula is C15H18ClN3O. The molecule has 0 aliphatic rings. The number of nitrogens with two attached hydrogens (primary N) is 1. The molecule has 5 heteroatoms. The first kappa shape index (κ1) is 15.9. The predicted octanol–water partition coefficient (Wildman–Crippen LogP) is 3.25. The van der Waals surface area contributed by atoms with Crippen LogP contribution in [0.15, 0.2) is 48.5 Å². The second-order valence-corrected chi connectivity index (χ2v) is 4.43. The van der Waals surface area contributed by atoms with Crippen LogP contribution in [0.3, 0.4) is 0 Å². The molecule has 106 valence electrons. The van der Waals surface area contributed by atoms with Gasteiger partial charge in [-0.3, -0.25) is 5.41 Å². The Hall–Kier alpha value is -2.20. The molecule has 0 aromatic heterocycles. The minimum Gasteiger partial charge on any atom is -0.457 e. The fourth-order valence-corrected chi connectivity index (χ4v) is 1.66. The van der Waals surface area contributed by atoms with Gasteiger partial charge in [0.15, 0.2) is 0 Å². The third-order valence-corrected chi connectivity index (χ3v) is 2.74. The van der Waals surface area contributed by atoms with Gasteiger partial charge in [-0.15, -0.1) is 12.4 Å². The zero-order valence-corrected chi connectivity index (χ0v) is 12.3. The van der Waals surface area contributed by atoms with Crippen molar-refractivity contribution in [2.24, 2.45) is 5.73 Å². The molecule has 0 aliphatic carbocycles. The summed E-state index contributed by atoms with van der Waals surface area (Å²) in [4.78, 5) is 2.02. The lowest BCUT2D eigenvalue weighted by Gasteiger charge is -2.14. The second kappa shape index (κ2) is 6.82. The van der Waals surface area contributed by atoms with Gasteiger partial charge in [0.2, 0.25) is 0 Å². The average Bonchev–Trinajstić information content (AvgIpc) is 2.39. The molecule has 0 radical (unpaired) electrons. The maximum Gasteiger partial charge on any atom is 0.129 e. The first-order valence-electron chi connectivity index (χ1n) is 5.96. The number of hydrogen-bond donors (Lipinski definition) is 2. The van der Waals surface area contributed by atoms with Crippen LogP contribution in [-0.4, -0.2) is 19.9 Å². The first-order chi connectivity index (χ1) is 9.06. The molecule has 0 amide bonds. The molecule has 0 fully saturated rings. The van der Waals surface area contributed by atoms with Crippen molar-refractivity contribution in [3.8, 4) is 11.5 Å². The predicted molar refractivity (Wildman–Crippen MR) is 85.5 cm³/mol. The first-order valence-corrected chi connectivity index (χ1v) is 5.96. The van der Waals surface area contributed by atoms with E-state index >= 15 is 0 Å². The van der Waals surface area contributed by atoms with Crippen LogP contribution in [0.1, 0.15) is 5.56 Å². The lowest BCUT2D eigenvalue weighted by molar-refractivity contribution is 0.482. The van der Waals surface area contributed by atoms with Crippen molar-refractivity contribution in [3.05, 3.63) is 54.1 Å². The summed E-state index contributed by atoms with van der Waals surface area (Å²) < 4.78 is 5.77. The van der Waals surface area contributed by atoms with Crippen molar-refractivity contribution in [1.82, 2.24) is 0 Å². The van der Waals surface area contributed by atoms with E-state index in [1.807, 2.05) is 43.3 Å². The van der Waals surface area contributed by atoms with Crippen LogP contribution in [0.2, 0.25) is 0 Å². The maximum atomic E-state index is 7.33. The highest BCUT2D eigenvalue weighted by Gasteiger charge is 2.01. The van der Waals surface area contributed by atoms with E-state index in [2.05, 4.69) is 0 Å². The van der Waals surface area contributed by atoms with Gasteiger partial charge >= 0.3 is 0 Å². The van der Waals surface area contributed by atoms with Crippen molar-refractivity contribution in [2.45, 2.75) is 0 Å². The Morgan fingerprint density at radius 1 is 1.05 bits per heavy atom. The molecule has 20 heavy (non-hydrogen) atoms. The van der Waals surface area contributed by atoms with Gasteiger partial charge in [-0.05, 0) is 36.4 Å². The molecule has 2 rings (SSSR count). The van der Waals surface area contributed by atoms with Crippen LogP contribution in [-0.2, 0) is 0 Å². The Morgan fingerprint density at radius 3 is 2.25 bits per heavy atom. The highest BCUT2D eigenvalue weighted by molar-refractivity contribution is 5.94. The van der Waals surface area contributed by atoms with E-state index in [0.717, 1.165) is 17.2 Å². The summed E-state index contributed by atoms with van der Waals surface area (Å²) >= 11 is 0. The van der Waals surface area contributed by atoms with E-state index in [4.69, 9.17) is 15.9 Å². The lowest BCUT2D eigenvalue weighted by atomic mass is 10.2. The lowest BCUT2D eigenvalue weighted by Crippen LogP contribution is -2.10. The number of benzene rings is 2. The van der Waals surface area contributed by atoms with Crippen LogP contribution < -0.4 is 15.4 Å². The fraction of sp³-hybridized carbons (Fsp3) is 0.133. The van der Waals surface area contributed by atoms with Crippen LogP contribution in [0.5, 0.6) is 11.5 Å². The van der Waals surface area contributed by atoms with E-state index in [1.165, 1.54) is 0 Å². The van der Waals surface area contributed by atoms with Gasteiger partial charge in [0, 0.05) is 31.4 Å². The standard InChI is InChI=1S/C15H17N3O.ClH/c1-18(2)12-4-3-5-14(10-12)19-13-8-6-11(7-9-13)15(16)17;/h3-10H,1-2H3,(H3,16,17);1H. The van der Waals surface area contributed by atoms with Crippen LogP contribution in [0, 0.1) is 5.41 Å². The zero-order valence-electron chi connectivity index (χ0n) is 11.5. The molecule has 0 atom stereocenters. The van der Waals surface area contributed by atoms with Gasteiger partial charge < -0.3 is 15.4 Å². The summed E-state index contributed by atoms with van der Waals surface area (Å²) in [6.07, 6.45) is 0. The summed E-state index contributed by atoms with van der Waals surface area (Å²) in [5.74, 6) is 1.56. The topological polar surface area (TPSA) is 62.3 Å². The molecule has 0 unspecified atom stereocenters. The van der Waals surface area contributed by atoms with E-state index in [9.17, 15) is 0 Å². The molecule has 3 N–H and O–H groups in total. The number of amidine groups is 1. The molecule has 4 nitrogen and oxygen atoms in total. The van der Waals surface area contributed by atoms with Gasteiger partial charge in [0.1, 0.15) is 17.3 Å². The number of halogens is 1. The Labute approximate surface area is 125 Å². The largest absolute Gasteiger partial charge is 0.457 e. The smallest absolute Gasteiger partial charge is 0.129 e. The molecular weight excluding hydrogens is 274 g/mol. The summed E-state index contributed by atoms with van der Waals surface area (Å²) in [7, 11) is 3.97. The number of nitrogen functional groups attached to an aromatic ring is 1. The van der Waals surface area contributed by atoms with Gasteiger partial charge in [0.05, 0.1) is 0 Å². The zero-order chi connectivity index (χ0) is 13.8. The van der Waals surface area contributed by atoms with Crippen molar-refractivity contribution >= 4 is 23.9 Å². The third-order valence-electron chi connectivity index (χ3n) is 2.74. The van der Waals surface area contributed by atoms with Gasteiger partial charge in [-0.25, -0.2) is 0 Å². The quantitative estimate of drug-likeness (QED) is 0.671. The molecule has 2 aromatic rings. The van der Waals surface area contributed by atoms with Crippen molar-refractivity contribution in [1.29, 1.82) is 5.41 Å². The van der Waals surface area contributed by atoms with E-state index < -0.39 is 0 Å². The summed E-state index contributed by atoms with van der Waals surface area (Å²) in [5, 5.41) is 7.33. The normalized spacial score (nSPS) is 9.50. The number of rotatable bonds is 4. The van der Waals surface area contributed by atoms with E-state index in [-0.39, 0.29) is 18.2 Å². The van der Waals surface area contributed by atoms with Crippen LogP contribution in [0.25, 0.3) is 0 Å². The molecule has 0 saturated heterocycles. The molecule has 0 aliphatic heterocycles. The highest BCUT2D eigenvalue weighted by atomic mass is 35.5. The van der Waals surface area contributed by atoms with Crippen molar-refractivity contribution < 1.29 is 4.74 Å². The van der Waals surface area contributed by atoms with Gasteiger partial charge in [0.25, 0.3) is 0 Å². The Morgan fingerprint density at radius 2 is 1.70 bits per heavy atom. The summed E-state index contributed by atoms with van der Waals surface area (Å²) in [5.41, 5.74) is 7.18. The molecule has 0 heterocycles. The van der Waals surface area contributed by atoms with Crippen molar-refractivity contribution in [2.75, 3.05) is 19.0 Å². The fourth-order valence-electron chi connectivity index (χ4n) is 1.66. The van der Waals surface area contributed by atoms with Crippen molar-refractivity contribution in [3.63, 3.8) is 0 Å². The van der Waals surface area contributed by atoms with Crippen LogP contribution in [0.4, 0.5) is 5.69 Å². The molecule has 0 saturated carbocycles. The third kappa shape index (κ3) is 3.90. The van der Waals surface area contributed by atoms with E-state index in [0.29, 0.717) is 5.56 Å². The molecule has 2 aromatic carbocycles. The minimum absolute atomic E-state index is 0. The Kier molecular flexibility index (Phi) is 5.41. The minimum atomic E-state index is 0. The van der Waals surface area contributed by atoms with Gasteiger partial charge in [-0.1, -0.05) is 6.07 Å². The molecule has 0 bridgehead atoms. The highest BCUT2D eigenvalue weighted by Crippen LogP contribution is 2.25. The number of anilines is 1. The number of hydrogen-bond acceptors (Lipinski definition) is 3. The van der Waals surface area contributed by atoms with Crippen LogP contribution >= 0.6 is 12.4 Å². The summed E-state index contributed by atoms with van der Waals surface area (Å²) in [6.45, 7) is 0. The Bertz CT molecular complexity index is 582. The Balaban J connectivity index is 0.00000200. The number of nitrogens with zero attached hydrogens (tertiary/aromatic N) is 1. The monoisotopic (exact) mass is 291 g/mol. The van der Waals surface area contributed by atoms with Gasteiger partial charge in [-0.2, -0.15) is 0 Å². The SMILES string of the molecule is CN(C)c1cccc(Oc2ccc(C(=N)N)cc2)c1.Cl.